The summed E-state index contributed by atoms with van der Waals surface area (Å²) in [5.41, 5.74) is 4.06. The summed E-state index contributed by atoms with van der Waals surface area (Å²) < 4.78 is 0. The van der Waals surface area contributed by atoms with Crippen molar-refractivity contribution in [3.05, 3.63) is 52.7 Å². The highest BCUT2D eigenvalue weighted by molar-refractivity contribution is 7.99. The first-order chi connectivity index (χ1) is 8.58. The molecule has 1 aromatic heterocycles. The summed E-state index contributed by atoms with van der Waals surface area (Å²) in [5.74, 6) is 0. The fourth-order valence-electron chi connectivity index (χ4n) is 1.83. The van der Waals surface area contributed by atoms with Crippen LogP contribution in [0.5, 0.6) is 0 Å². The summed E-state index contributed by atoms with van der Waals surface area (Å²) >= 11 is 1.63. The van der Waals surface area contributed by atoms with Gasteiger partial charge < -0.3 is 0 Å². The molecule has 92 valence electrons. The minimum atomic E-state index is 0.713. The van der Waals surface area contributed by atoms with Crippen molar-refractivity contribution in [2.45, 2.75) is 30.7 Å². The first kappa shape index (κ1) is 12.8. The van der Waals surface area contributed by atoms with E-state index < -0.39 is 0 Å². The van der Waals surface area contributed by atoms with Crippen LogP contribution >= 0.6 is 11.8 Å². The number of hydrogen-bond donors (Lipinski definition) is 0. The normalized spacial score (nSPS) is 10.4. The standard InChI is InChI=1S/C15H15NOS/c1-10-6-12(3)16-15(7-10)18-14-5-4-13(9-17)8-11(14)2/h4-9H,1-3H3. The predicted octanol–water partition coefficient (Wildman–Crippen LogP) is 3.97. The van der Waals surface area contributed by atoms with Gasteiger partial charge in [-0.3, -0.25) is 4.79 Å². The number of hydrogen-bond acceptors (Lipinski definition) is 3. The third-order valence-electron chi connectivity index (χ3n) is 2.62. The maximum absolute atomic E-state index is 10.7. The van der Waals surface area contributed by atoms with E-state index >= 15 is 0 Å². The lowest BCUT2D eigenvalue weighted by molar-refractivity contribution is 0.112. The molecule has 0 aliphatic rings. The molecule has 0 saturated carbocycles. The maximum Gasteiger partial charge on any atom is 0.150 e. The first-order valence-corrected chi connectivity index (χ1v) is 6.59. The maximum atomic E-state index is 10.7. The Morgan fingerprint density at radius 2 is 1.89 bits per heavy atom. The van der Waals surface area contributed by atoms with Gasteiger partial charge in [-0.2, -0.15) is 0 Å². The van der Waals surface area contributed by atoms with E-state index in [4.69, 9.17) is 0 Å². The summed E-state index contributed by atoms with van der Waals surface area (Å²) in [6, 6.07) is 9.85. The zero-order valence-corrected chi connectivity index (χ0v) is 11.5. The topological polar surface area (TPSA) is 30.0 Å². The van der Waals surface area contributed by atoms with Crippen molar-refractivity contribution in [3.63, 3.8) is 0 Å². The summed E-state index contributed by atoms with van der Waals surface area (Å²) in [6.45, 7) is 6.08. The van der Waals surface area contributed by atoms with Crippen LogP contribution in [0.4, 0.5) is 0 Å². The van der Waals surface area contributed by atoms with Crippen molar-refractivity contribution in [1.29, 1.82) is 0 Å². The minimum Gasteiger partial charge on any atom is -0.298 e. The average Bonchev–Trinajstić information content (AvgIpc) is 2.30. The second-order valence-corrected chi connectivity index (χ2v) is 5.43. The number of aryl methyl sites for hydroxylation is 3. The van der Waals surface area contributed by atoms with Crippen LogP contribution in [-0.2, 0) is 0 Å². The molecule has 2 aromatic rings. The van der Waals surface area contributed by atoms with E-state index in [0.717, 1.165) is 27.5 Å². The molecule has 0 spiro atoms. The van der Waals surface area contributed by atoms with Gasteiger partial charge >= 0.3 is 0 Å². The fraction of sp³-hybridized carbons (Fsp3) is 0.200. The third-order valence-corrected chi connectivity index (χ3v) is 3.72. The van der Waals surface area contributed by atoms with Gasteiger partial charge in [0.25, 0.3) is 0 Å². The number of nitrogens with zero attached hydrogens (tertiary/aromatic N) is 1. The van der Waals surface area contributed by atoms with Crippen molar-refractivity contribution in [2.24, 2.45) is 0 Å². The van der Waals surface area contributed by atoms with Gasteiger partial charge in [-0.05, 0) is 56.2 Å². The summed E-state index contributed by atoms with van der Waals surface area (Å²) in [6.07, 6.45) is 0.872. The van der Waals surface area contributed by atoms with Crippen LogP contribution in [0.3, 0.4) is 0 Å². The van der Waals surface area contributed by atoms with Crippen LogP contribution in [-0.4, -0.2) is 11.3 Å². The molecular weight excluding hydrogens is 242 g/mol. The van der Waals surface area contributed by atoms with Gasteiger partial charge in [0.1, 0.15) is 11.3 Å². The van der Waals surface area contributed by atoms with Gasteiger partial charge in [-0.15, -0.1) is 0 Å². The van der Waals surface area contributed by atoms with Crippen LogP contribution in [0.25, 0.3) is 0 Å². The van der Waals surface area contributed by atoms with Crippen LogP contribution in [0.2, 0.25) is 0 Å². The zero-order valence-electron chi connectivity index (χ0n) is 10.7. The number of aromatic nitrogens is 1. The smallest absolute Gasteiger partial charge is 0.150 e. The molecule has 2 rings (SSSR count). The Morgan fingerprint density at radius 3 is 2.50 bits per heavy atom. The van der Waals surface area contributed by atoms with Crippen LogP contribution in [0.15, 0.2) is 40.3 Å². The molecule has 0 N–H and O–H groups in total. The van der Waals surface area contributed by atoms with E-state index in [9.17, 15) is 4.79 Å². The van der Waals surface area contributed by atoms with Gasteiger partial charge in [0.15, 0.2) is 0 Å². The highest BCUT2D eigenvalue weighted by Gasteiger charge is 2.04. The molecule has 0 saturated heterocycles. The van der Waals surface area contributed by atoms with E-state index in [1.807, 2.05) is 32.0 Å². The zero-order chi connectivity index (χ0) is 13.1. The monoisotopic (exact) mass is 257 g/mol. The average molecular weight is 257 g/mol. The van der Waals surface area contributed by atoms with E-state index in [-0.39, 0.29) is 0 Å². The second-order valence-electron chi connectivity index (χ2n) is 4.37. The highest BCUT2D eigenvalue weighted by atomic mass is 32.2. The van der Waals surface area contributed by atoms with E-state index in [1.54, 1.807) is 11.8 Å². The Bertz CT molecular complexity index is 573. The van der Waals surface area contributed by atoms with Crippen molar-refractivity contribution in [3.8, 4) is 0 Å². The molecule has 0 bridgehead atoms. The lowest BCUT2D eigenvalue weighted by atomic mass is 10.2. The van der Waals surface area contributed by atoms with Gasteiger partial charge in [0, 0.05) is 16.2 Å². The van der Waals surface area contributed by atoms with Crippen LogP contribution in [0, 0.1) is 20.8 Å². The van der Waals surface area contributed by atoms with Crippen LogP contribution in [0.1, 0.15) is 27.2 Å². The SMILES string of the molecule is Cc1cc(C)nc(Sc2ccc(C=O)cc2C)c1. The van der Waals surface area contributed by atoms with Crippen molar-refractivity contribution >= 4 is 18.0 Å². The number of rotatable bonds is 3. The summed E-state index contributed by atoms with van der Waals surface area (Å²) in [5, 5.41) is 0.995. The number of carbonyl (C=O) groups is 1. The molecule has 0 aliphatic heterocycles. The summed E-state index contributed by atoms with van der Waals surface area (Å²) in [7, 11) is 0. The predicted molar refractivity (Wildman–Crippen MR) is 74.4 cm³/mol. The number of carbonyl (C=O) groups excluding carboxylic acids is 1. The Kier molecular flexibility index (Phi) is 3.82. The Balaban J connectivity index is 2.31. The van der Waals surface area contributed by atoms with E-state index in [1.165, 1.54) is 5.56 Å². The molecule has 0 fully saturated rings. The van der Waals surface area contributed by atoms with Crippen LogP contribution < -0.4 is 0 Å². The Hall–Kier alpha value is -1.61. The highest BCUT2D eigenvalue weighted by Crippen LogP contribution is 2.29. The Morgan fingerprint density at radius 1 is 1.11 bits per heavy atom. The fourth-order valence-corrected chi connectivity index (χ4v) is 2.85. The molecule has 0 unspecified atom stereocenters. The van der Waals surface area contributed by atoms with Crippen molar-refractivity contribution in [1.82, 2.24) is 4.98 Å². The molecule has 3 heteroatoms. The van der Waals surface area contributed by atoms with Gasteiger partial charge in [0.05, 0.1) is 0 Å². The van der Waals surface area contributed by atoms with Crippen molar-refractivity contribution < 1.29 is 4.79 Å². The summed E-state index contributed by atoms with van der Waals surface area (Å²) in [4.78, 5) is 16.3. The molecule has 0 radical (unpaired) electrons. The number of pyridine rings is 1. The molecular formula is C15H15NOS. The van der Waals surface area contributed by atoms with E-state index in [2.05, 4.69) is 24.0 Å². The lowest BCUT2D eigenvalue weighted by Gasteiger charge is -2.07. The number of aldehydes is 1. The largest absolute Gasteiger partial charge is 0.298 e. The molecule has 0 amide bonds. The third kappa shape index (κ3) is 2.99. The quantitative estimate of drug-likeness (QED) is 0.779. The molecule has 1 heterocycles. The molecule has 2 nitrogen and oxygen atoms in total. The van der Waals surface area contributed by atoms with Gasteiger partial charge in [-0.1, -0.05) is 17.8 Å². The molecule has 0 aliphatic carbocycles. The Labute approximate surface area is 111 Å². The van der Waals surface area contributed by atoms with Gasteiger partial charge in [-0.25, -0.2) is 4.98 Å². The van der Waals surface area contributed by atoms with Gasteiger partial charge in [0.2, 0.25) is 0 Å². The number of benzene rings is 1. The molecule has 1 aromatic carbocycles. The second kappa shape index (κ2) is 5.36. The molecule has 0 atom stereocenters. The van der Waals surface area contributed by atoms with E-state index in [0.29, 0.717) is 5.56 Å². The first-order valence-electron chi connectivity index (χ1n) is 5.77. The lowest BCUT2D eigenvalue weighted by Crippen LogP contribution is -1.89. The minimum absolute atomic E-state index is 0.713. The molecule has 18 heavy (non-hydrogen) atoms. The van der Waals surface area contributed by atoms with Crippen molar-refractivity contribution in [2.75, 3.05) is 0 Å².